The largest absolute Gasteiger partial charge is 0.375 e. The van der Waals surface area contributed by atoms with Crippen molar-refractivity contribution in [1.82, 2.24) is 36.8 Å². The molecule has 0 aliphatic carbocycles. The van der Waals surface area contributed by atoms with Crippen molar-refractivity contribution in [2.75, 3.05) is 39.8 Å². The molecule has 14 nitrogen and oxygen atoms in total. The van der Waals surface area contributed by atoms with Crippen LogP contribution >= 0.6 is 0 Å². The van der Waals surface area contributed by atoms with Crippen LogP contribution in [0.2, 0.25) is 0 Å². The minimum absolute atomic E-state index is 0.0134. The van der Waals surface area contributed by atoms with Gasteiger partial charge in [0, 0.05) is 32.6 Å². The van der Waals surface area contributed by atoms with Crippen LogP contribution in [-0.2, 0) is 36.8 Å². The Bertz CT molecular complexity index is 1460. The molecule has 4 atom stereocenters. The maximum absolute atomic E-state index is 14.1. The van der Waals surface area contributed by atoms with Gasteiger partial charge in [0.05, 0.1) is 18.8 Å². The zero-order chi connectivity index (χ0) is 38.2. The first-order chi connectivity index (χ1) is 25.5. The van der Waals surface area contributed by atoms with Gasteiger partial charge in [-0.2, -0.15) is 0 Å². The monoisotopic (exact) mass is 734 g/mol. The van der Waals surface area contributed by atoms with Crippen molar-refractivity contribution in [3.05, 3.63) is 71.8 Å². The zero-order valence-corrected chi connectivity index (χ0v) is 31.3. The standard InChI is InChI=1S/C39H58N8O6/c1-26(2)22-32(45-37(50)33(24-28-12-8-5-9-13-28)44-35(48)31(40)23-27-10-6-4-7-11-27)36(49)46-34(25-53-30-14-18-42-19-15-30)38(51)47-20-16-29(17-21-47)43-39(52)41-3/h4-13,26,29-34,42H,14-25,40H2,1-3H3,(H,44,48)(H,45,50)(H,46,49)(H2,41,43,52)/t31-,32-,33?,34-/m1/s1. The molecule has 2 aliphatic rings. The number of nitrogens with one attached hydrogen (secondary N) is 6. The number of nitrogens with two attached hydrogens (primary N) is 1. The third-order valence-electron chi connectivity index (χ3n) is 9.66. The van der Waals surface area contributed by atoms with E-state index in [0.29, 0.717) is 38.8 Å². The molecule has 1 unspecified atom stereocenters. The van der Waals surface area contributed by atoms with Crippen molar-refractivity contribution in [1.29, 1.82) is 0 Å². The Labute approximate surface area is 313 Å². The molecule has 2 aromatic rings. The van der Waals surface area contributed by atoms with Gasteiger partial charge in [0.15, 0.2) is 0 Å². The highest BCUT2D eigenvalue weighted by molar-refractivity contribution is 5.95. The van der Waals surface area contributed by atoms with Gasteiger partial charge in [-0.15, -0.1) is 0 Å². The third-order valence-corrected chi connectivity index (χ3v) is 9.66. The Morgan fingerprint density at radius 1 is 0.774 bits per heavy atom. The summed E-state index contributed by atoms with van der Waals surface area (Å²) in [7, 11) is 1.56. The van der Waals surface area contributed by atoms with E-state index >= 15 is 0 Å². The maximum Gasteiger partial charge on any atom is 0.314 e. The molecule has 2 aliphatic heterocycles. The van der Waals surface area contributed by atoms with Crippen molar-refractivity contribution >= 4 is 29.7 Å². The highest BCUT2D eigenvalue weighted by Gasteiger charge is 2.34. The number of urea groups is 1. The molecule has 2 aromatic carbocycles. The summed E-state index contributed by atoms with van der Waals surface area (Å²) in [6.07, 6.45) is 3.46. The predicted molar refractivity (Wildman–Crippen MR) is 203 cm³/mol. The maximum atomic E-state index is 14.1. The summed E-state index contributed by atoms with van der Waals surface area (Å²) in [5.41, 5.74) is 8.01. The second-order valence-electron chi connectivity index (χ2n) is 14.4. The van der Waals surface area contributed by atoms with Gasteiger partial charge in [-0.05, 0) is 68.7 Å². The van der Waals surface area contributed by atoms with E-state index in [-0.39, 0.29) is 43.0 Å². The molecule has 290 valence electrons. The first-order valence-electron chi connectivity index (χ1n) is 18.9. The molecule has 4 rings (SSSR count). The molecule has 0 radical (unpaired) electrons. The number of carbonyl (C=O) groups is 5. The number of amides is 6. The van der Waals surface area contributed by atoms with Crippen LogP contribution in [0.5, 0.6) is 0 Å². The number of ether oxygens (including phenoxy) is 1. The quantitative estimate of drug-likeness (QED) is 0.125. The lowest BCUT2D eigenvalue weighted by Crippen LogP contribution is -2.60. The number of rotatable bonds is 17. The number of carbonyl (C=O) groups excluding carboxylic acids is 5. The molecule has 2 fully saturated rings. The number of nitrogens with zero attached hydrogens (tertiary/aromatic N) is 1. The zero-order valence-electron chi connectivity index (χ0n) is 31.3. The number of benzene rings is 2. The van der Waals surface area contributed by atoms with E-state index in [4.69, 9.17) is 10.5 Å². The van der Waals surface area contributed by atoms with Gasteiger partial charge >= 0.3 is 6.03 Å². The molecule has 53 heavy (non-hydrogen) atoms. The van der Waals surface area contributed by atoms with Gasteiger partial charge in [0.25, 0.3) is 0 Å². The molecule has 2 saturated heterocycles. The lowest BCUT2D eigenvalue weighted by atomic mass is 10.00. The Hall–Kier alpha value is -4.53. The number of piperidine rings is 2. The highest BCUT2D eigenvalue weighted by atomic mass is 16.5. The Morgan fingerprint density at radius 3 is 1.91 bits per heavy atom. The van der Waals surface area contributed by atoms with Crippen LogP contribution in [0, 0.1) is 5.92 Å². The first kappa shape index (κ1) is 41.2. The molecule has 8 N–H and O–H groups in total. The van der Waals surface area contributed by atoms with E-state index in [2.05, 4.69) is 31.9 Å². The number of hydrogen-bond donors (Lipinski definition) is 7. The smallest absolute Gasteiger partial charge is 0.314 e. The SMILES string of the molecule is CNC(=O)NC1CCN(C(=O)[C@@H](COC2CCNCC2)NC(=O)[C@@H](CC(C)C)NC(=O)C(Cc2ccccc2)NC(=O)[C@H](N)Cc2ccccc2)CC1. The fourth-order valence-corrected chi connectivity index (χ4v) is 6.64. The molecule has 0 saturated carbocycles. The van der Waals surface area contributed by atoms with E-state index in [9.17, 15) is 24.0 Å². The van der Waals surface area contributed by atoms with Crippen molar-refractivity contribution in [2.45, 2.75) is 95.1 Å². The Morgan fingerprint density at radius 2 is 1.32 bits per heavy atom. The molecule has 0 spiro atoms. The van der Waals surface area contributed by atoms with E-state index in [1.807, 2.05) is 74.5 Å². The van der Waals surface area contributed by atoms with Crippen LogP contribution in [0.25, 0.3) is 0 Å². The van der Waals surface area contributed by atoms with Crippen LogP contribution < -0.4 is 37.6 Å². The van der Waals surface area contributed by atoms with Crippen molar-refractivity contribution in [2.24, 2.45) is 11.7 Å². The average molecular weight is 735 g/mol. The summed E-state index contributed by atoms with van der Waals surface area (Å²) in [4.78, 5) is 68.9. The van der Waals surface area contributed by atoms with Crippen LogP contribution in [0.1, 0.15) is 57.1 Å². The number of likely N-dealkylation sites (tertiary alicyclic amines) is 1. The lowest BCUT2D eigenvalue weighted by Gasteiger charge is -2.35. The molecule has 14 heteroatoms. The highest BCUT2D eigenvalue weighted by Crippen LogP contribution is 2.15. The fraction of sp³-hybridized carbons (Fsp3) is 0.564. The van der Waals surface area contributed by atoms with E-state index < -0.39 is 41.9 Å². The van der Waals surface area contributed by atoms with Gasteiger partial charge in [-0.25, -0.2) is 4.79 Å². The van der Waals surface area contributed by atoms with Gasteiger partial charge in [0.2, 0.25) is 23.6 Å². The molecule has 2 heterocycles. The normalized spacial score (nSPS) is 17.6. The molecular weight excluding hydrogens is 676 g/mol. The van der Waals surface area contributed by atoms with E-state index in [1.165, 1.54) is 0 Å². The van der Waals surface area contributed by atoms with Gasteiger partial charge in [-0.3, -0.25) is 19.2 Å². The van der Waals surface area contributed by atoms with Gasteiger partial charge in [0.1, 0.15) is 18.1 Å². The fourth-order valence-electron chi connectivity index (χ4n) is 6.64. The minimum atomic E-state index is -1.01. The van der Waals surface area contributed by atoms with Crippen LogP contribution in [-0.4, -0.2) is 111 Å². The van der Waals surface area contributed by atoms with Crippen molar-refractivity contribution in [3.63, 3.8) is 0 Å². The van der Waals surface area contributed by atoms with E-state index in [0.717, 1.165) is 37.1 Å². The second kappa shape index (κ2) is 21.2. The van der Waals surface area contributed by atoms with Gasteiger partial charge in [-0.1, -0.05) is 74.5 Å². The molecule has 0 bridgehead atoms. The predicted octanol–water partition coefficient (Wildman–Crippen LogP) is 0.988. The van der Waals surface area contributed by atoms with E-state index in [1.54, 1.807) is 11.9 Å². The molecule has 0 aromatic heterocycles. The summed E-state index contributed by atoms with van der Waals surface area (Å²) in [6.45, 7) is 6.30. The lowest BCUT2D eigenvalue weighted by molar-refractivity contribution is -0.141. The summed E-state index contributed by atoms with van der Waals surface area (Å²) >= 11 is 0. The van der Waals surface area contributed by atoms with Crippen molar-refractivity contribution in [3.8, 4) is 0 Å². The third kappa shape index (κ3) is 13.8. The molecular formula is C39H58N8O6. The first-order valence-corrected chi connectivity index (χ1v) is 18.9. The molecule has 6 amide bonds. The summed E-state index contributed by atoms with van der Waals surface area (Å²) in [5.74, 6) is -1.79. The second-order valence-corrected chi connectivity index (χ2v) is 14.4. The average Bonchev–Trinajstić information content (AvgIpc) is 3.16. The Kier molecular flexibility index (Phi) is 16.5. The Balaban J connectivity index is 1.47. The summed E-state index contributed by atoms with van der Waals surface area (Å²) in [5, 5.41) is 17.4. The van der Waals surface area contributed by atoms with Crippen molar-refractivity contribution < 1.29 is 28.7 Å². The topological polar surface area (TPSA) is 196 Å². The van der Waals surface area contributed by atoms with Crippen LogP contribution in [0.3, 0.4) is 0 Å². The summed E-state index contributed by atoms with van der Waals surface area (Å²) in [6, 6.07) is 14.5. The summed E-state index contributed by atoms with van der Waals surface area (Å²) < 4.78 is 6.19. The van der Waals surface area contributed by atoms with Crippen LogP contribution in [0.4, 0.5) is 4.79 Å². The van der Waals surface area contributed by atoms with Crippen LogP contribution in [0.15, 0.2) is 60.7 Å². The number of hydrogen-bond acceptors (Lipinski definition) is 8. The minimum Gasteiger partial charge on any atom is -0.375 e. The van der Waals surface area contributed by atoms with Gasteiger partial charge < -0.3 is 47.3 Å².